The van der Waals surface area contributed by atoms with E-state index in [9.17, 15) is 29.4 Å². The summed E-state index contributed by atoms with van der Waals surface area (Å²) in [4.78, 5) is 63.4. The van der Waals surface area contributed by atoms with Crippen molar-refractivity contribution >= 4 is 80.8 Å². The maximum absolute atomic E-state index is 12.9. The van der Waals surface area contributed by atoms with Crippen molar-refractivity contribution in [3.63, 3.8) is 0 Å². The molecule has 2 aromatic rings. The number of aromatic nitrogens is 2. The molecule has 0 saturated carbocycles. The summed E-state index contributed by atoms with van der Waals surface area (Å²) in [5, 5.41) is 30.2. The molecule has 1 fully saturated rings. The van der Waals surface area contributed by atoms with Crippen LogP contribution in [0.5, 0.6) is 0 Å². The number of anilines is 1. The number of amides is 2. The Morgan fingerprint density at radius 3 is 2.62 bits per heavy atom. The van der Waals surface area contributed by atoms with Crippen molar-refractivity contribution in [3.05, 3.63) is 32.9 Å². The monoisotopic (exact) mass is 628 g/mol. The maximum atomic E-state index is 12.9. The number of fused-ring (bicyclic) bond motifs is 1. The average molecular weight is 629 g/mol. The predicted molar refractivity (Wildman–Crippen MR) is 133 cm³/mol. The first-order valence-corrected chi connectivity index (χ1v) is 14.1. The van der Waals surface area contributed by atoms with Gasteiger partial charge >= 0.3 is 59.1 Å². The summed E-state index contributed by atoms with van der Waals surface area (Å²) in [5.74, 6) is -3.58. The fourth-order valence-corrected chi connectivity index (χ4v) is 7.84. The van der Waals surface area contributed by atoms with Crippen molar-refractivity contribution in [2.45, 2.75) is 29.1 Å². The van der Waals surface area contributed by atoms with Crippen LogP contribution in [0.25, 0.3) is 0 Å². The number of thioether (sulfide) groups is 2. The Morgan fingerprint density at radius 1 is 1.31 bits per heavy atom. The molecule has 2 aliphatic rings. The Morgan fingerprint density at radius 2 is 2.03 bits per heavy atom. The number of oxime groups is 1. The van der Waals surface area contributed by atoms with Crippen molar-refractivity contribution in [1.82, 2.24) is 20.2 Å². The zero-order valence-electron chi connectivity index (χ0n) is 21.2. The average Bonchev–Trinajstić information content (AvgIpc) is 3.42. The minimum absolute atomic E-state index is 0. The van der Waals surface area contributed by atoms with Gasteiger partial charge in [-0.15, -0.1) is 34.4 Å². The number of nitrogens with one attached hydrogen (secondary N) is 1. The van der Waals surface area contributed by atoms with Crippen molar-refractivity contribution in [1.29, 1.82) is 0 Å². The first kappa shape index (κ1) is 34.1. The summed E-state index contributed by atoms with van der Waals surface area (Å²) in [7, 11) is 1.25. The molecule has 4 rings (SSSR count). The van der Waals surface area contributed by atoms with Crippen LogP contribution in [0.1, 0.15) is 16.3 Å². The summed E-state index contributed by atoms with van der Waals surface area (Å²) in [6.07, 6.45) is -0.253. The van der Waals surface area contributed by atoms with E-state index in [-0.39, 0.29) is 99.3 Å². The first-order chi connectivity index (χ1) is 17.6. The number of nitrogens with two attached hydrogens (primary N) is 1. The fourth-order valence-electron chi connectivity index (χ4n) is 3.59. The molecule has 19 heteroatoms. The van der Waals surface area contributed by atoms with E-state index in [4.69, 9.17) is 10.6 Å². The zero-order valence-corrected chi connectivity index (χ0v) is 28.5. The third kappa shape index (κ3) is 7.58. The first-order valence-electron chi connectivity index (χ1n) is 10.4. The van der Waals surface area contributed by atoms with Crippen molar-refractivity contribution in [2.75, 3.05) is 24.3 Å². The summed E-state index contributed by atoms with van der Waals surface area (Å²) in [6.45, 7) is 1.69. The molecular weight excluding hydrogens is 611 g/mol. The van der Waals surface area contributed by atoms with Crippen LogP contribution in [0, 0.1) is 6.92 Å². The largest absolute Gasteiger partial charge is 1.00 e. The van der Waals surface area contributed by atoms with Gasteiger partial charge in [0.15, 0.2) is 15.2 Å². The second-order valence-corrected chi connectivity index (χ2v) is 11.9. The number of nitrogen functional groups attached to an aromatic ring is 1. The number of nitrogens with zero attached hydrogens (tertiary/aromatic N) is 4. The molecule has 4 heterocycles. The van der Waals surface area contributed by atoms with Crippen molar-refractivity contribution < 1.29 is 93.3 Å². The fraction of sp³-hybridized carbons (Fsp3) is 0.350. The number of rotatable bonds is 10. The van der Waals surface area contributed by atoms with Crippen molar-refractivity contribution in [3.8, 4) is 0 Å². The molecule has 2 atom stereocenters. The smallest absolute Gasteiger partial charge is 0.550 e. The van der Waals surface area contributed by atoms with E-state index in [1.165, 1.54) is 47.4 Å². The molecule has 39 heavy (non-hydrogen) atoms. The third-order valence-electron chi connectivity index (χ3n) is 5.24. The number of carboxylic acids is 2. The molecule has 2 amide bonds. The normalized spacial score (nSPS) is 18.4. The van der Waals surface area contributed by atoms with E-state index < -0.39 is 35.2 Å². The van der Waals surface area contributed by atoms with Gasteiger partial charge in [0.25, 0.3) is 11.8 Å². The van der Waals surface area contributed by atoms with Crippen LogP contribution in [0.3, 0.4) is 0 Å². The summed E-state index contributed by atoms with van der Waals surface area (Å²) < 4.78 is 0.568. The Labute approximate surface area is 283 Å². The van der Waals surface area contributed by atoms with Gasteiger partial charge in [0.1, 0.15) is 24.2 Å². The van der Waals surface area contributed by atoms with E-state index in [0.717, 1.165) is 16.2 Å². The molecule has 3 N–H and O–H groups in total. The number of hydrogen-bond acceptors (Lipinski definition) is 15. The van der Waals surface area contributed by atoms with E-state index in [1.54, 1.807) is 6.92 Å². The Kier molecular flexibility index (Phi) is 12.8. The van der Waals surface area contributed by atoms with Crippen LogP contribution in [-0.2, 0) is 30.4 Å². The van der Waals surface area contributed by atoms with Gasteiger partial charge in [0.05, 0.1) is 17.4 Å². The number of aliphatic carboxylic acids is 2. The molecule has 0 bridgehead atoms. The molecule has 0 radical (unpaired) electrons. The summed E-state index contributed by atoms with van der Waals surface area (Å²) in [6, 6.07) is -0.993. The van der Waals surface area contributed by atoms with Crippen molar-refractivity contribution in [2.24, 2.45) is 5.16 Å². The van der Waals surface area contributed by atoms with E-state index in [1.807, 2.05) is 0 Å². The molecule has 1 unspecified atom stereocenters. The van der Waals surface area contributed by atoms with Crippen LogP contribution in [-0.4, -0.2) is 74.4 Å². The Bertz CT molecular complexity index is 1350. The molecule has 0 aromatic carbocycles. The zero-order chi connectivity index (χ0) is 26.9. The molecule has 0 aliphatic carbocycles. The van der Waals surface area contributed by atoms with Gasteiger partial charge in [-0.25, -0.2) is 9.97 Å². The SMILES string of the molecule is CO/N=C(/C(=O)NC1C(=O)N2C(C(=O)[O-])=C(CSc3nc(C)c(CC(=O)[O-])s3)CS[C@H]12)c1csc(N)n1.[Na+].[Na+]. The summed E-state index contributed by atoms with van der Waals surface area (Å²) >= 11 is 4.83. The molecule has 196 valence electrons. The van der Waals surface area contributed by atoms with Crippen LogP contribution in [0.4, 0.5) is 5.13 Å². The number of aryl methyl sites for hydroxylation is 1. The molecule has 2 aromatic heterocycles. The standard InChI is InChI=1S/C20H20N6O7S4.2Na/c1-7-10(3-11(27)28)37-20(22-7)36-5-8-4-34-17-13(16(30)26(17)14(8)18(31)32)24-15(29)12(25-33-2)9-6-35-19(21)23-9;;/h6,13,17H,3-5H2,1-2H3,(H2,21,23)(H,24,29)(H,27,28)(H,31,32);;/q;2*+1/p-2/b25-12+;;/t13?,17-;;/m1../s1. The molecule has 1 saturated heterocycles. The number of carboxylic acid groups (broad SMARTS) is 2. The second kappa shape index (κ2) is 14.7. The van der Waals surface area contributed by atoms with Gasteiger partial charge < -0.3 is 35.7 Å². The number of β-lactam (4-membered cyclic amide) rings is 1. The minimum Gasteiger partial charge on any atom is -0.550 e. The van der Waals surface area contributed by atoms with Gasteiger partial charge in [0.2, 0.25) is 0 Å². The van der Waals surface area contributed by atoms with Gasteiger partial charge in [-0.3, -0.25) is 14.5 Å². The van der Waals surface area contributed by atoms with Gasteiger partial charge in [-0.1, -0.05) is 16.9 Å². The van der Waals surface area contributed by atoms with E-state index in [2.05, 4.69) is 20.4 Å². The van der Waals surface area contributed by atoms with Crippen LogP contribution in [0.2, 0.25) is 0 Å². The quantitative estimate of drug-likeness (QED) is 0.0829. The third-order valence-corrected chi connectivity index (χ3v) is 9.64. The number of carbonyl (C=O) groups is 4. The van der Waals surface area contributed by atoms with E-state index in [0.29, 0.717) is 20.5 Å². The van der Waals surface area contributed by atoms with Crippen LogP contribution < -0.4 is 80.4 Å². The van der Waals surface area contributed by atoms with Gasteiger partial charge in [-0.05, 0) is 12.5 Å². The number of carbonyl (C=O) groups excluding carboxylic acids is 4. The van der Waals surface area contributed by atoms with E-state index >= 15 is 0 Å². The molecule has 0 spiro atoms. The second-order valence-electron chi connectivity index (χ2n) is 7.62. The predicted octanol–water partition coefficient (Wildman–Crippen LogP) is -7.66. The Hall–Kier alpha value is -1.15. The number of hydrogen-bond donors (Lipinski definition) is 2. The molecule has 2 aliphatic heterocycles. The Balaban J connectivity index is 0.00000267. The molecular formula is C20H18N6Na2O7S4. The van der Waals surface area contributed by atoms with Gasteiger partial charge in [-0.2, -0.15) is 0 Å². The maximum Gasteiger partial charge on any atom is 1.00 e. The van der Waals surface area contributed by atoms with Crippen LogP contribution in [0.15, 0.2) is 26.1 Å². The van der Waals surface area contributed by atoms with Crippen LogP contribution >= 0.6 is 46.2 Å². The van der Waals surface area contributed by atoms with Gasteiger partial charge in [0, 0.05) is 34.2 Å². The number of thiazole rings is 2. The topological polar surface area (TPSA) is 203 Å². The molecule has 13 nitrogen and oxygen atoms in total. The minimum atomic E-state index is -1.51. The summed E-state index contributed by atoms with van der Waals surface area (Å²) in [5.41, 5.74) is 6.41.